The maximum atomic E-state index is 2.53. The molecule has 27 heavy (non-hydrogen) atoms. The summed E-state index contributed by atoms with van der Waals surface area (Å²) in [7, 11) is 0. The second-order valence-corrected chi connectivity index (χ2v) is 9.13. The average molecular weight is 357 g/mol. The van der Waals surface area contributed by atoms with Crippen molar-refractivity contribution in [3.8, 4) is 11.1 Å². The van der Waals surface area contributed by atoms with Gasteiger partial charge in [0.25, 0.3) is 0 Å². The van der Waals surface area contributed by atoms with Crippen molar-refractivity contribution in [1.82, 2.24) is 0 Å². The average Bonchev–Trinajstić information content (AvgIpc) is 3.27. The first-order valence-electron chi connectivity index (χ1n) is 10.6. The molecule has 0 radical (unpaired) electrons. The molecule has 4 rings (SSSR count). The van der Waals surface area contributed by atoms with Crippen LogP contribution in [-0.2, 0) is 6.42 Å². The van der Waals surface area contributed by atoms with Crippen LogP contribution < -0.4 is 0 Å². The van der Waals surface area contributed by atoms with Crippen LogP contribution in [-0.4, -0.2) is 0 Å². The van der Waals surface area contributed by atoms with Gasteiger partial charge >= 0.3 is 0 Å². The molecule has 0 fully saturated rings. The van der Waals surface area contributed by atoms with Crippen molar-refractivity contribution < 1.29 is 0 Å². The van der Waals surface area contributed by atoms with Crippen molar-refractivity contribution in [1.29, 1.82) is 0 Å². The molecule has 0 nitrogen and oxygen atoms in total. The quantitative estimate of drug-likeness (QED) is 0.444. The Morgan fingerprint density at radius 2 is 1.56 bits per heavy atom. The van der Waals surface area contributed by atoms with Gasteiger partial charge in [-0.1, -0.05) is 84.0 Å². The van der Waals surface area contributed by atoms with Crippen molar-refractivity contribution in [3.63, 3.8) is 0 Å². The van der Waals surface area contributed by atoms with Crippen LogP contribution in [0.5, 0.6) is 0 Å². The molecule has 0 spiro atoms. The molecule has 0 saturated carbocycles. The number of hydrogen-bond acceptors (Lipinski definition) is 0. The summed E-state index contributed by atoms with van der Waals surface area (Å²) in [4.78, 5) is 0. The first-order chi connectivity index (χ1) is 12.9. The standard InChI is InChI=1S/C27H32/c1-16(2)21-13-9-12-20-14-24-23(19-10-7-8-11-19)15-22(17(3)4)25(18(5)6)27(24)26(20)21/h7-10,12-13,15-18H,11,14H2,1-6H3. The highest BCUT2D eigenvalue weighted by molar-refractivity contribution is 5.89. The lowest BCUT2D eigenvalue weighted by Crippen LogP contribution is -2.06. The van der Waals surface area contributed by atoms with E-state index >= 15 is 0 Å². The molecule has 2 aromatic rings. The fourth-order valence-corrected chi connectivity index (χ4v) is 5.01. The summed E-state index contributed by atoms with van der Waals surface area (Å²) in [6, 6.07) is 9.49. The summed E-state index contributed by atoms with van der Waals surface area (Å²) < 4.78 is 0. The lowest BCUT2D eigenvalue weighted by Gasteiger charge is -2.25. The molecule has 0 aliphatic heterocycles. The molecule has 0 bridgehead atoms. The van der Waals surface area contributed by atoms with Crippen molar-refractivity contribution in [2.75, 3.05) is 0 Å². The van der Waals surface area contributed by atoms with Crippen molar-refractivity contribution in [2.45, 2.75) is 72.1 Å². The van der Waals surface area contributed by atoms with Gasteiger partial charge < -0.3 is 0 Å². The van der Waals surface area contributed by atoms with Gasteiger partial charge in [-0.05, 0) is 80.7 Å². The number of hydrogen-bond donors (Lipinski definition) is 0. The second kappa shape index (κ2) is 6.82. The van der Waals surface area contributed by atoms with Crippen LogP contribution in [0.3, 0.4) is 0 Å². The van der Waals surface area contributed by atoms with E-state index in [0.29, 0.717) is 17.8 Å². The van der Waals surface area contributed by atoms with Gasteiger partial charge in [0.2, 0.25) is 0 Å². The minimum absolute atomic E-state index is 0.534. The Bertz CT molecular complexity index is 948. The Labute approximate surface area is 165 Å². The zero-order valence-electron chi connectivity index (χ0n) is 17.7. The highest BCUT2D eigenvalue weighted by atomic mass is 14.3. The van der Waals surface area contributed by atoms with Crippen molar-refractivity contribution >= 4 is 5.57 Å². The maximum Gasteiger partial charge on any atom is -0.000718 e. The van der Waals surface area contributed by atoms with Gasteiger partial charge in [0.05, 0.1) is 0 Å². The maximum absolute atomic E-state index is 2.53. The van der Waals surface area contributed by atoms with E-state index in [0.717, 1.165) is 12.8 Å². The van der Waals surface area contributed by atoms with Gasteiger partial charge in [0, 0.05) is 0 Å². The molecule has 2 aromatic carbocycles. The first-order valence-corrected chi connectivity index (χ1v) is 10.6. The van der Waals surface area contributed by atoms with Crippen molar-refractivity contribution in [2.24, 2.45) is 0 Å². The van der Waals surface area contributed by atoms with Gasteiger partial charge in [-0.2, -0.15) is 0 Å². The van der Waals surface area contributed by atoms with Crippen LogP contribution in [0.1, 0.15) is 99.1 Å². The van der Waals surface area contributed by atoms with E-state index in [1.54, 1.807) is 22.3 Å². The van der Waals surface area contributed by atoms with Gasteiger partial charge in [-0.3, -0.25) is 0 Å². The Balaban J connectivity index is 2.10. The van der Waals surface area contributed by atoms with Gasteiger partial charge in [0.15, 0.2) is 0 Å². The smallest absolute Gasteiger partial charge is 0.000718 e. The lowest BCUT2D eigenvalue weighted by atomic mass is 9.79. The third kappa shape index (κ3) is 2.90. The molecule has 0 amide bonds. The Morgan fingerprint density at radius 1 is 0.815 bits per heavy atom. The number of allylic oxidation sites excluding steroid dienone is 4. The van der Waals surface area contributed by atoms with Crippen molar-refractivity contribution in [3.05, 3.63) is 75.9 Å². The molecule has 2 aliphatic carbocycles. The van der Waals surface area contributed by atoms with Crippen LogP contribution >= 0.6 is 0 Å². The second-order valence-electron chi connectivity index (χ2n) is 9.13. The predicted molar refractivity (Wildman–Crippen MR) is 119 cm³/mol. The SMILES string of the molecule is CC(C)c1cccc2c1-c1c(c(C3=CC=CC3)cc(C(C)C)c1C(C)C)C2. The molecule has 140 valence electrons. The molecule has 0 N–H and O–H groups in total. The lowest BCUT2D eigenvalue weighted by molar-refractivity contribution is 0.789. The minimum atomic E-state index is 0.534. The number of benzene rings is 2. The molecule has 0 atom stereocenters. The zero-order valence-corrected chi connectivity index (χ0v) is 17.7. The number of rotatable bonds is 4. The van der Waals surface area contributed by atoms with Gasteiger partial charge in [-0.25, -0.2) is 0 Å². The summed E-state index contributed by atoms with van der Waals surface area (Å²) >= 11 is 0. The van der Waals surface area contributed by atoms with E-state index in [9.17, 15) is 0 Å². The molecule has 0 unspecified atom stereocenters. The first kappa shape index (κ1) is 18.3. The van der Waals surface area contributed by atoms with E-state index in [-0.39, 0.29) is 0 Å². The molecular formula is C27H32. The summed E-state index contributed by atoms with van der Waals surface area (Å²) in [6.45, 7) is 14.1. The van der Waals surface area contributed by atoms with Crippen LogP contribution in [0.4, 0.5) is 0 Å². The zero-order chi connectivity index (χ0) is 19.3. The molecular weight excluding hydrogens is 324 g/mol. The van der Waals surface area contributed by atoms with E-state index in [1.165, 1.54) is 27.8 Å². The molecule has 0 heteroatoms. The topological polar surface area (TPSA) is 0 Å². The van der Waals surface area contributed by atoms with Crippen LogP contribution in [0.25, 0.3) is 16.7 Å². The molecule has 0 saturated heterocycles. The Morgan fingerprint density at radius 3 is 2.15 bits per heavy atom. The summed E-state index contributed by atoms with van der Waals surface area (Å²) in [5.41, 5.74) is 13.8. The van der Waals surface area contributed by atoms with E-state index in [4.69, 9.17) is 0 Å². The molecule has 2 aliphatic rings. The van der Waals surface area contributed by atoms with Gasteiger partial charge in [-0.15, -0.1) is 0 Å². The Hall–Kier alpha value is -2.08. The predicted octanol–water partition coefficient (Wildman–Crippen LogP) is 7.97. The summed E-state index contributed by atoms with van der Waals surface area (Å²) in [5.74, 6) is 1.62. The van der Waals surface area contributed by atoms with Crippen LogP contribution in [0.2, 0.25) is 0 Å². The third-order valence-corrected chi connectivity index (χ3v) is 6.25. The number of fused-ring (bicyclic) bond motifs is 3. The van der Waals surface area contributed by atoms with E-state index < -0.39 is 0 Å². The fraction of sp³-hybridized carbons (Fsp3) is 0.407. The molecule has 0 heterocycles. The summed E-state index contributed by atoms with van der Waals surface area (Å²) in [5, 5.41) is 0. The minimum Gasteiger partial charge on any atom is -0.0801 e. The fourth-order valence-electron chi connectivity index (χ4n) is 5.01. The Kier molecular flexibility index (Phi) is 4.62. The van der Waals surface area contributed by atoms with Gasteiger partial charge in [0.1, 0.15) is 0 Å². The highest BCUT2D eigenvalue weighted by Gasteiger charge is 2.31. The largest absolute Gasteiger partial charge is 0.0801 e. The summed E-state index contributed by atoms with van der Waals surface area (Å²) in [6.07, 6.45) is 8.97. The normalized spacial score (nSPS) is 15.1. The van der Waals surface area contributed by atoms with Crippen LogP contribution in [0, 0.1) is 0 Å². The third-order valence-electron chi connectivity index (χ3n) is 6.25. The van der Waals surface area contributed by atoms with E-state index in [2.05, 4.69) is 84.0 Å². The monoisotopic (exact) mass is 356 g/mol. The molecule has 0 aromatic heterocycles. The van der Waals surface area contributed by atoms with Crippen LogP contribution in [0.15, 0.2) is 42.5 Å². The van der Waals surface area contributed by atoms with E-state index in [1.807, 2.05) is 0 Å². The highest BCUT2D eigenvalue weighted by Crippen LogP contribution is 2.50.